The molecule has 0 aromatic heterocycles. The fourth-order valence-electron chi connectivity index (χ4n) is 2.60. The average molecular weight is 334 g/mol. The van der Waals surface area contributed by atoms with Gasteiger partial charge in [-0.15, -0.1) is 0 Å². The molecule has 1 aromatic rings. The summed E-state index contributed by atoms with van der Waals surface area (Å²) in [5.74, 6) is 0.788. The first-order valence-corrected chi connectivity index (χ1v) is 8.43. The molecule has 1 aliphatic rings. The molecule has 0 radical (unpaired) electrons. The van der Waals surface area contributed by atoms with Crippen LogP contribution in [0.4, 0.5) is 0 Å². The summed E-state index contributed by atoms with van der Waals surface area (Å²) in [6.07, 6.45) is 1.32. The van der Waals surface area contributed by atoms with Gasteiger partial charge in [0.05, 0.1) is 20.3 Å². The van der Waals surface area contributed by atoms with Gasteiger partial charge in [-0.1, -0.05) is 0 Å². The zero-order chi connectivity index (χ0) is 17.2. The number of amides is 1. The molecule has 6 nitrogen and oxygen atoms in total. The third-order valence-corrected chi connectivity index (χ3v) is 4.07. The Kier molecular flexibility index (Phi) is 7.71. The Balaban J connectivity index is 1.58. The lowest BCUT2D eigenvalue weighted by atomic mass is 10.1. The summed E-state index contributed by atoms with van der Waals surface area (Å²) in [5.41, 5.74) is 0.656. The number of nitrogens with one attached hydrogen (secondary N) is 1. The minimum atomic E-state index is 0.00536. The molecule has 1 fully saturated rings. The molecule has 24 heavy (non-hydrogen) atoms. The molecular formula is C18H26N2O4. The SMILES string of the molecule is COc1ccc(C(=O)CCCC(=O)NCCN2CCOCC2)cc1. The summed E-state index contributed by atoms with van der Waals surface area (Å²) < 4.78 is 10.4. The van der Waals surface area contributed by atoms with E-state index in [0.717, 1.165) is 38.6 Å². The van der Waals surface area contributed by atoms with Crippen molar-refractivity contribution in [1.29, 1.82) is 0 Å². The predicted octanol–water partition coefficient (Wildman–Crippen LogP) is 1.50. The topological polar surface area (TPSA) is 67.9 Å². The summed E-state index contributed by atoms with van der Waals surface area (Å²) >= 11 is 0. The van der Waals surface area contributed by atoms with Gasteiger partial charge in [0.1, 0.15) is 5.75 Å². The largest absolute Gasteiger partial charge is 0.497 e. The van der Waals surface area contributed by atoms with Crippen LogP contribution >= 0.6 is 0 Å². The number of carbonyl (C=O) groups excluding carboxylic acids is 2. The number of ether oxygens (including phenoxy) is 2. The van der Waals surface area contributed by atoms with Crippen LogP contribution in [0, 0.1) is 0 Å². The van der Waals surface area contributed by atoms with Crippen LogP contribution in [0.5, 0.6) is 5.75 Å². The van der Waals surface area contributed by atoms with Crippen molar-refractivity contribution in [2.45, 2.75) is 19.3 Å². The van der Waals surface area contributed by atoms with E-state index in [1.54, 1.807) is 31.4 Å². The highest BCUT2D eigenvalue weighted by Crippen LogP contribution is 2.13. The van der Waals surface area contributed by atoms with E-state index in [4.69, 9.17) is 9.47 Å². The van der Waals surface area contributed by atoms with Gasteiger partial charge in [0, 0.05) is 44.6 Å². The Labute approximate surface area is 143 Å². The maximum atomic E-state index is 12.1. The van der Waals surface area contributed by atoms with E-state index < -0.39 is 0 Å². The van der Waals surface area contributed by atoms with Crippen LogP contribution in [0.1, 0.15) is 29.6 Å². The van der Waals surface area contributed by atoms with Gasteiger partial charge in [0.25, 0.3) is 0 Å². The summed E-state index contributed by atoms with van der Waals surface area (Å²) in [5, 5.41) is 2.91. The maximum absolute atomic E-state index is 12.1. The van der Waals surface area contributed by atoms with Crippen molar-refractivity contribution < 1.29 is 19.1 Å². The number of morpholine rings is 1. The first-order valence-electron chi connectivity index (χ1n) is 8.43. The number of hydrogen-bond donors (Lipinski definition) is 1. The average Bonchev–Trinajstić information content (AvgIpc) is 2.62. The lowest BCUT2D eigenvalue weighted by Gasteiger charge is -2.26. The van der Waals surface area contributed by atoms with Crippen molar-refractivity contribution in [1.82, 2.24) is 10.2 Å². The number of carbonyl (C=O) groups is 2. The molecule has 0 aliphatic carbocycles. The quantitative estimate of drug-likeness (QED) is 0.693. The lowest BCUT2D eigenvalue weighted by Crippen LogP contribution is -2.41. The Morgan fingerprint density at radius 2 is 1.88 bits per heavy atom. The van der Waals surface area contributed by atoms with Gasteiger partial charge in [-0.2, -0.15) is 0 Å². The van der Waals surface area contributed by atoms with Gasteiger partial charge in [-0.05, 0) is 30.7 Å². The van der Waals surface area contributed by atoms with Gasteiger partial charge < -0.3 is 14.8 Å². The third kappa shape index (κ3) is 6.29. The van der Waals surface area contributed by atoms with E-state index in [9.17, 15) is 9.59 Å². The van der Waals surface area contributed by atoms with Crippen molar-refractivity contribution in [3.63, 3.8) is 0 Å². The monoisotopic (exact) mass is 334 g/mol. The lowest BCUT2D eigenvalue weighted by molar-refractivity contribution is -0.121. The first kappa shape index (κ1) is 18.4. The van der Waals surface area contributed by atoms with Crippen molar-refractivity contribution in [2.75, 3.05) is 46.5 Å². The zero-order valence-corrected chi connectivity index (χ0v) is 14.3. The molecule has 1 heterocycles. The van der Waals surface area contributed by atoms with Crippen LogP contribution in [0.3, 0.4) is 0 Å². The zero-order valence-electron chi connectivity index (χ0n) is 14.3. The number of Topliss-reactive ketones (excluding diaryl/α,β-unsaturated/α-hetero) is 1. The molecule has 1 saturated heterocycles. The number of rotatable bonds is 9. The van der Waals surface area contributed by atoms with Gasteiger partial charge in [0.2, 0.25) is 5.91 Å². The highest BCUT2D eigenvalue weighted by atomic mass is 16.5. The van der Waals surface area contributed by atoms with Crippen LogP contribution in [0.2, 0.25) is 0 Å². The summed E-state index contributed by atoms with van der Waals surface area (Å²) in [6, 6.07) is 7.05. The molecule has 1 aromatic carbocycles. The second-order valence-electron chi connectivity index (χ2n) is 5.81. The van der Waals surface area contributed by atoms with Crippen LogP contribution in [-0.4, -0.2) is 63.1 Å². The van der Waals surface area contributed by atoms with E-state index in [0.29, 0.717) is 31.4 Å². The minimum absolute atomic E-state index is 0.00536. The molecular weight excluding hydrogens is 308 g/mol. The predicted molar refractivity (Wildman–Crippen MR) is 91.4 cm³/mol. The molecule has 1 amide bonds. The number of nitrogens with zero attached hydrogens (tertiary/aromatic N) is 1. The summed E-state index contributed by atoms with van der Waals surface area (Å²) in [4.78, 5) is 26.1. The minimum Gasteiger partial charge on any atom is -0.497 e. The Morgan fingerprint density at radius 1 is 1.17 bits per heavy atom. The Hall–Kier alpha value is -1.92. The molecule has 0 atom stereocenters. The fraction of sp³-hybridized carbons (Fsp3) is 0.556. The molecule has 0 bridgehead atoms. The second kappa shape index (κ2) is 10.1. The van der Waals surface area contributed by atoms with Crippen molar-refractivity contribution in [2.24, 2.45) is 0 Å². The normalized spacial score (nSPS) is 15.0. The Morgan fingerprint density at radius 3 is 2.54 bits per heavy atom. The molecule has 1 N–H and O–H groups in total. The molecule has 0 saturated carbocycles. The van der Waals surface area contributed by atoms with Crippen LogP contribution in [0.25, 0.3) is 0 Å². The number of ketones is 1. The molecule has 0 unspecified atom stereocenters. The van der Waals surface area contributed by atoms with Crippen molar-refractivity contribution in [3.8, 4) is 5.75 Å². The smallest absolute Gasteiger partial charge is 0.220 e. The van der Waals surface area contributed by atoms with E-state index in [2.05, 4.69) is 10.2 Å². The van der Waals surface area contributed by atoms with Crippen molar-refractivity contribution >= 4 is 11.7 Å². The second-order valence-corrected chi connectivity index (χ2v) is 5.81. The van der Waals surface area contributed by atoms with E-state index in [1.807, 2.05) is 0 Å². The molecule has 132 valence electrons. The van der Waals surface area contributed by atoms with Gasteiger partial charge in [-0.3, -0.25) is 14.5 Å². The third-order valence-electron chi connectivity index (χ3n) is 4.07. The highest BCUT2D eigenvalue weighted by molar-refractivity contribution is 5.96. The summed E-state index contributed by atoms with van der Waals surface area (Å²) in [7, 11) is 1.59. The fourth-order valence-corrected chi connectivity index (χ4v) is 2.60. The molecule has 0 spiro atoms. The number of benzene rings is 1. The Bertz CT molecular complexity index is 524. The maximum Gasteiger partial charge on any atom is 0.220 e. The van der Waals surface area contributed by atoms with E-state index >= 15 is 0 Å². The van der Waals surface area contributed by atoms with E-state index in [1.165, 1.54) is 0 Å². The molecule has 1 aliphatic heterocycles. The first-order chi connectivity index (χ1) is 11.7. The standard InChI is InChI=1S/C18H26N2O4/c1-23-16-7-5-15(6-8-16)17(21)3-2-4-18(22)19-9-10-20-11-13-24-14-12-20/h5-8H,2-4,9-14H2,1H3,(H,19,22). The van der Waals surface area contributed by atoms with Crippen molar-refractivity contribution in [3.05, 3.63) is 29.8 Å². The number of hydrogen-bond acceptors (Lipinski definition) is 5. The molecule has 2 rings (SSSR count). The molecule has 6 heteroatoms. The van der Waals surface area contributed by atoms with Gasteiger partial charge in [-0.25, -0.2) is 0 Å². The summed E-state index contributed by atoms with van der Waals surface area (Å²) in [6.45, 7) is 4.87. The van der Waals surface area contributed by atoms with Gasteiger partial charge >= 0.3 is 0 Å². The van der Waals surface area contributed by atoms with Crippen LogP contribution in [0.15, 0.2) is 24.3 Å². The van der Waals surface area contributed by atoms with Crippen LogP contribution < -0.4 is 10.1 Å². The van der Waals surface area contributed by atoms with Gasteiger partial charge in [0.15, 0.2) is 5.78 Å². The van der Waals surface area contributed by atoms with E-state index in [-0.39, 0.29) is 11.7 Å². The number of methoxy groups -OCH3 is 1. The highest BCUT2D eigenvalue weighted by Gasteiger charge is 2.11. The van der Waals surface area contributed by atoms with Crippen LogP contribution in [-0.2, 0) is 9.53 Å².